The van der Waals surface area contributed by atoms with Crippen molar-refractivity contribution in [2.24, 2.45) is 0 Å². The zero-order valence-electron chi connectivity index (χ0n) is 29.9. The van der Waals surface area contributed by atoms with Gasteiger partial charge in [0.25, 0.3) is 0 Å². The topological polar surface area (TPSA) is 61.9 Å². The third-order valence-electron chi connectivity index (χ3n) is 10.8. The minimum absolute atomic E-state index is 0.296. The summed E-state index contributed by atoms with van der Waals surface area (Å²) in [4.78, 5) is 4.66. The fraction of sp³-hybridized carbons (Fsp3) is 0.302. The second kappa shape index (κ2) is 16.7. The van der Waals surface area contributed by atoms with E-state index in [4.69, 9.17) is 28.4 Å². The molecule has 290 valence electrons. The summed E-state index contributed by atoms with van der Waals surface area (Å²) >= 11 is 18.4. The molecule has 8 nitrogen and oxygen atoms in total. The van der Waals surface area contributed by atoms with Crippen LogP contribution in [0.5, 0.6) is 0 Å². The number of hydrogen-bond donors (Lipinski definition) is 0. The molecule has 5 aromatic carbocycles. The molecule has 4 aliphatic heterocycles. The molecule has 0 spiro atoms. The standard InChI is InChI=1S/C43H37Br5N2O6/c44-32-11-1-6-27(16-32)37-49-38(28-7-2-12-33(45)17-28)52-22-42(49,21-51-37)25-55-41(31-10-5-15-36(48)20-31)56-26-43-23-53-39(29-8-3-13-34(46)18-29)50(43)40(54-24-43)30-9-4-14-35(47)19-30/h1-20,37-41H,21-26H2/t37-,38+,39-,40+,41?,42?,43?. The van der Waals surface area contributed by atoms with Crippen LogP contribution in [0.15, 0.2) is 144 Å². The summed E-state index contributed by atoms with van der Waals surface area (Å²) in [6.07, 6.45) is -2.12. The summed E-state index contributed by atoms with van der Waals surface area (Å²) in [5.41, 5.74) is 3.84. The molecule has 13 heteroatoms. The van der Waals surface area contributed by atoms with Gasteiger partial charge in [0, 0.05) is 27.9 Å². The Morgan fingerprint density at radius 1 is 0.464 bits per heavy atom. The molecule has 9 rings (SSSR count). The SMILES string of the molecule is Brc1cccc(C(OCC23CO[C@H](c4cccc(Br)c4)N2[C@H](c2cccc(Br)c2)OC3)OCC23CO[C@H](c4cccc(Br)c4)N2[C@H](c2cccc(Br)c2)OC3)c1. The second-order valence-corrected chi connectivity index (χ2v) is 19.2. The van der Waals surface area contributed by atoms with Crippen LogP contribution in [0.3, 0.4) is 0 Å². The predicted molar refractivity (Wildman–Crippen MR) is 229 cm³/mol. The number of nitrogens with zero attached hydrogens (tertiary/aromatic N) is 2. The second-order valence-electron chi connectivity index (χ2n) is 14.6. The molecule has 0 N–H and O–H groups in total. The minimum Gasteiger partial charge on any atom is -0.357 e. The third-order valence-corrected chi connectivity index (χ3v) is 13.3. The van der Waals surface area contributed by atoms with E-state index in [0.717, 1.165) is 50.2 Å². The third kappa shape index (κ3) is 7.82. The highest BCUT2D eigenvalue weighted by Gasteiger charge is 2.59. The van der Waals surface area contributed by atoms with Crippen LogP contribution >= 0.6 is 79.6 Å². The maximum absolute atomic E-state index is 6.97. The molecule has 4 saturated heterocycles. The van der Waals surface area contributed by atoms with Gasteiger partial charge in [-0.25, -0.2) is 9.80 Å². The quantitative estimate of drug-likeness (QED) is 0.121. The van der Waals surface area contributed by atoms with Crippen LogP contribution in [0, 0.1) is 0 Å². The van der Waals surface area contributed by atoms with Crippen molar-refractivity contribution in [1.82, 2.24) is 9.80 Å². The van der Waals surface area contributed by atoms with Crippen molar-refractivity contribution in [3.8, 4) is 0 Å². The molecule has 2 unspecified atom stereocenters. The Labute approximate surface area is 368 Å². The number of benzene rings is 5. The lowest BCUT2D eigenvalue weighted by Crippen LogP contribution is -2.50. The maximum atomic E-state index is 6.97. The highest BCUT2D eigenvalue weighted by molar-refractivity contribution is 9.11. The van der Waals surface area contributed by atoms with Crippen LogP contribution in [0.1, 0.15) is 59.0 Å². The average Bonchev–Trinajstić information content (AvgIpc) is 3.94. The molecule has 4 fully saturated rings. The van der Waals surface area contributed by atoms with E-state index >= 15 is 0 Å². The molecule has 0 radical (unpaired) electrons. The Morgan fingerprint density at radius 2 is 0.768 bits per heavy atom. The number of ether oxygens (including phenoxy) is 6. The van der Waals surface area contributed by atoms with Gasteiger partial charge < -0.3 is 28.4 Å². The van der Waals surface area contributed by atoms with Crippen LogP contribution in [-0.4, -0.2) is 60.5 Å². The van der Waals surface area contributed by atoms with Gasteiger partial charge in [0.15, 0.2) is 6.29 Å². The molecule has 0 saturated carbocycles. The van der Waals surface area contributed by atoms with E-state index in [-0.39, 0.29) is 24.9 Å². The number of hydrogen-bond acceptors (Lipinski definition) is 8. The van der Waals surface area contributed by atoms with Crippen molar-refractivity contribution in [2.45, 2.75) is 42.3 Å². The average molecular weight is 1080 g/mol. The lowest BCUT2D eigenvalue weighted by Gasteiger charge is -2.36. The van der Waals surface area contributed by atoms with Gasteiger partial charge in [0.2, 0.25) is 0 Å². The predicted octanol–water partition coefficient (Wildman–Crippen LogP) is 11.5. The summed E-state index contributed by atoms with van der Waals surface area (Å²) < 4.78 is 45.5. The molecule has 5 aromatic rings. The first kappa shape index (κ1) is 39.6. The molecule has 56 heavy (non-hydrogen) atoms. The van der Waals surface area contributed by atoms with E-state index in [1.807, 2.05) is 72.8 Å². The number of halogens is 5. The van der Waals surface area contributed by atoms with Crippen molar-refractivity contribution in [2.75, 3.05) is 39.6 Å². The van der Waals surface area contributed by atoms with Gasteiger partial charge in [-0.3, -0.25) is 0 Å². The van der Waals surface area contributed by atoms with Gasteiger partial charge in [0.05, 0.1) is 50.7 Å². The maximum Gasteiger partial charge on any atom is 0.184 e. The Bertz CT molecular complexity index is 1970. The smallest absolute Gasteiger partial charge is 0.184 e. The van der Waals surface area contributed by atoms with Crippen LogP contribution in [-0.2, 0) is 28.4 Å². The Morgan fingerprint density at radius 3 is 1.07 bits per heavy atom. The summed E-state index contributed by atoms with van der Waals surface area (Å²) in [6.45, 7) is 2.27. The van der Waals surface area contributed by atoms with Crippen molar-refractivity contribution in [3.05, 3.63) is 172 Å². The summed E-state index contributed by atoms with van der Waals surface area (Å²) in [6, 6.07) is 41.1. The van der Waals surface area contributed by atoms with Crippen LogP contribution in [0.25, 0.3) is 0 Å². The fourth-order valence-corrected chi connectivity index (χ4v) is 10.3. The monoisotopic (exact) mass is 1070 g/mol. The molecule has 6 atom stereocenters. The van der Waals surface area contributed by atoms with E-state index in [9.17, 15) is 0 Å². The van der Waals surface area contributed by atoms with Gasteiger partial charge in [-0.2, -0.15) is 0 Å². The van der Waals surface area contributed by atoms with E-state index in [0.29, 0.717) is 39.6 Å². The molecule has 0 amide bonds. The van der Waals surface area contributed by atoms with E-state index in [1.165, 1.54) is 0 Å². The van der Waals surface area contributed by atoms with E-state index < -0.39 is 17.4 Å². The van der Waals surface area contributed by atoms with Gasteiger partial charge in [0.1, 0.15) is 24.9 Å². The highest BCUT2D eigenvalue weighted by atomic mass is 79.9. The Kier molecular flexibility index (Phi) is 11.8. The Hall–Kier alpha value is -1.82. The molecule has 4 heterocycles. The first-order chi connectivity index (χ1) is 27.2. The summed E-state index contributed by atoms with van der Waals surface area (Å²) in [7, 11) is 0. The lowest BCUT2D eigenvalue weighted by atomic mass is 10.0. The molecular formula is C43H37Br5N2O6. The zero-order chi connectivity index (χ0) is 38.4. The van der Waals surface area contributed by atoms with Gasteiger partial charge >= 0.3 is 0 Å². The fourth-order valence-electron chi connectivity index (χ4n) is 8.22. The van der Waals surface area contributed by atoms with Gasteiger partial charge in [-0.1, -0.05) is 140 Å². The van der Waals surface area contributed by atoms with Crippen molar-refractivity contribution in [1.29, 1.82) is 0 Å². The van der Waals surface area contributed by atoms with Crippen molar-refractivity contribution < 1.29 is 28.4 Å². The van der Waals surface area contributed by atoms with Crippen molar-refractivity contribution >= 4 is 79.6 Å². The van der Waals surface area contributed by atoms with Crippen LogP contribution in [0.2, 0.25) is 0 Å². The molecule has 0 bridgehead atoms. The van der Waals surface area contributed by atoms with Gasteiger partial charge in [-0.05, 0) is 82.9 Å². The minimum atomic E-state index is -0.718. The molecule has 0 aliphatic carbocycles. The number of rotatable bonds is 11. The normalized spacial score (nSPS) is 28.1. The van der Waals surface area contributed by atoms with E-state index in [2.05, 4.69) is 138 Å². The summed E-state index contributed by atoms with van der Waals surface area (Å²) in [5, 5.41) is 0. The van der Waals surface area contributed by atoms with E-state index in [1.54, 1.807) is 0 Å². The first-order valence-corrected chi connectivity index (χ1v) is 22.2. The molecular weight excluding hydrogens is 1040 g/mol. The number of fused-ring (bicyclic) bond motifs is 2. The lowest BCUT2D eigenvalue weighted by molar-refractivity contribution is -0.179. The Balaban J connectivity index is 1.02. The largest absolute Gasteiger partial charge is 0.357 e. The molecule has 0 aromatic heterocycles. The first-order valence-electron chi connectivity index (χ1n) is 18.2. The van der Waals surface area contributed by atoms with Crippen molar-refractivity contribution in [3.63, 3.8) is 0 Å². The molecule has 4 aliphatic rings. The van der Waals surface area contributed by atoms with Crippen LogP contribution < -0.4 is 0 Å². The highest BCUT2D eigenvalue weighted by Crippen LogP contribution is 2.52. The zero-order valence-corrected chi connectivity index (χ0v) is 37.8. The van der Waals surface area contributed by atoms with Gasteiger partial charge in [-0.15, -0.1) is 0 Å². The summed E-state index contributed by atoms with van der Waals surface area (Å²) in [5.74, 6) is 0. The van der Waals surface area contributed by atoms with Crippen LogP contribution in [0.4, 0.5) is 0 Å².